The van der Waals surface area contributed by atoms with Crippen molar-refractivity contribution in [3.63, 3.8) is 0 Å². The number of rotatable bonds is 3. The molecule has 1 saturated heterocycles. The van der Waals surface area contributed by atoms with Crippen molar-refractivity contribution in [3.8, 4) is 17.3 Å². The lowest BCUT2D eigenvalue weighted by molar-refractivity contribution is 0.261. The van der Waals surface area contributed by atoms with Crippen molar-refractivity contribution < 1.29 is 0 Å². The van der Waals surface area contributed by atoms with Gasteiger partial charge in [0.25, 0.3) is 0 Å². The molecule has 0 aliphatic carbocycles. The molecule has 0 bridgehead atoms. The monoisotopic (exact) mass is 375 g/mol. The van der Waals surface area contributed by atoms with Gasteiger partial charge in [-0.1, -0.05) is 0 Å². The van der Waals surface area contributed by atoms with Crippen LogP contribution in [0.1, 0.15) is 29.5 Å². The Bertz CT molecular complexity index is 1050. The summed E-state index contributed by atoms with van der Waals surface area (Å²) in [4.78, 5) is 2.34. The van der Waals surface area contributed by atoms with Crippen LogP contribution < -0.4 is 5.32 Å². The van der Waals surface area contributed by atoms with Gasteiger partial charge in [0.15, 0.2) is 5.82 Å². The summed E-state index contributed by atoms with van der Waals surface area (Å²) in [5, 5.41) is 27.4. The first-order valence-corrected chi connectivity index (χ1v) is 9.63. The molecule has 4 rings (SSSR count). The van der Waals surface area contributed by atoms with Gasteiger partial charge in [0.05, 0.1) is 23.2 Å². The molecular weight excluding hydrogens is 350 g/mol. The molecule has 1 aliphatic heterocycles. The molecule has 2 aromatic heterocycles. The second-order valence-electron chi connectivity index (χ2n) is 7.77. The number of piperidine rings is 1. The summed E-state index contributed by atoms with van der Waals surface area (Å²) in [5.41, 5.74) is 5.49. The summed E-state index contributed by atoms with van der Waals surface area (Å²) in [6, 6.07) is 6.38. The Morgan fingerprint density at radius 1 is 1.18 bits per heavy atom. The zero-order chi connectivity index (χ0) is 19.8. The van der Waals surface area contributed by atoms with Crippen LogP contribution in [0.4, 0.5) is 5.82 Å². The third-order valence-corrected chi connectivity index (χ3v) is 5.53. The van der Waals surface area contributed by atoms with Crippen molar-refractivity contribution in [3.05, 3.63) is 35.0 Å². The smallest absolute Gasteiger partial charge is 0.175 e. The average molecular weight is 375 g/mol. The van der Waals surface area contributed by atoms with Gasteiger partial charge in [-0.2, -0.15) is 10.4 Å². The topological polar surface area (TPSA) is 82.7 Å². The second-order valence-corrected chi connectivity index (χ2v) is 7.77. The zero-order valence-corrected chi connectivity index (χ0v) is 16.8. The molecule has 1 N–H and O–H groups in total. The van der Waals surface area contributed by atoms with Crippen molar-refractivity contribution >= 4 is 16.7 Å². The van der Waals surface area contributed by atoms with Gasteiger partial charge in [0.2, 0.25) is 0 Å². The molecule has 0 saturated carbocycles. The first-order chi connectivity index (χ1) is 13.5. The van der Waals surface area contributed by atoms with E-state index in [1.54, 1.807) is 0 Å². The maximum absolute atomic E-state index is 9.23. The van der Waals surface area contributed by atoms with Gasteiger partial charge in [-0.25, -0.2) is 0 Å². The molecule has 1 aliphatic rings. The van der Waals surface area contributed by atoms with Crippen LogP contribution in [0.3, 0.4) is 0 Å². The fraction of sp³-hybridized carbons (Fsp3) is 0.429. The van der Waals surface area contributed by atoms with Crippen LogP contribution >= 0.6 is 0 Å². The lowest BCUT2D eigenvalue weighted by Crippen LogP contribution is -2.40. The number of hydrogen-bond donors (Lipinski definition) is 1. The first kappa shape index (κ1) is 18.4. The van der Waals surface area contributed by atoms with Crippen LogP contribution in [0.15, 0.2) is 18.3 Å². The van der Waals surface area contributed by atoms with Crippen molar-refractivity contribution in [2.45, 2.75) is 32.7 Å². The van der Waals surface area contributed by atoms with E-state index in [0.717, 1.165) is 58.6 Å². The summed E-state index contributed by atoms with van der Waals surface area (Å²) in [6.45, 7) is 6.16. The van der Waals surface area contributed by atoms with Gasteiger partial charge in [0.1, 0.15) is 11.2 Å². The summed E-state index contributed by atoms with van der Waals surface area (Å²) >= 11 is 0. The minimum Gasteiger partial charge on any atom is -0.363 e. The molecule has 1 aromatic carbocycles. The Morgan fingerprint density at radius 3 is 2.61 bits per heavy atom. The van der Waals surface area contributed by atoms with Crippen molar-refractivity contribution in [1.82, 2.24) is 24.9 Å². The van der Waals surface area contributed by atoms with Gasteiger partial charge in [-0.3, -0.25) is 4.68 Å². The normalized spacial score (nSPS) is 17.6. The van der Waals surface area contributed by atoms with Gasteiger partial charge in [0, 0.05) is 25.2 Å². The number of likely N-dealkylation sites (N-methyl/N-ethyl adjacent to an activating group) is 1. The largest absolute Gasteiger partial charge is 0.363 e. The molecule has 1 atom stereocenters. The van der Waals surface area contributed by atoms with Crippen molar-refractivity contribution in [2.24, 2.45) is 7.05 Å². The number of nitrogens with one attached hydrogen (secondary N) is 1. The number of likely N-dealkylation sites (tertiary alicyclic amines) is 1. The quantitative estimate of drug-likeness (QED) is 0.758. The van der Waals surface area contributed by atoms with E-state index >= 15 is 0 Å². The van der Waals surface area contributed by atoms with Gasteiger partial charge in [-0.15, -0.1) is 10.2 Å². The summed E-state index contributed by atoms with van der Waals surface area (Å²) in [5.74, 6) is 0.781. The molecule has 7 nitrogen and oxygen atoms in total. The van der Waals surface area contributed by atoms with E-state index in [1.165, 1.54) is 6.42 Å². The number of aryl methyl sites for hydroxylation is 3. The predicted octanol–water partition coefficient (Wildman–Crippen LogP) is 3.02. The van der Waals surface area contributed by atoms with E-state index in [-0.39, 0.29) is 0 Å². The number of nitriles is 1. The van der Waals surface area contributed by atoms with Crippen LogP contribution in [-0.4, -0.2) is 51.1 Å². The lowest BCUT2D eigenvalue weighted by atomic mass is 9.95. The number of nitrogens with zero attached hydrogens (tertiary/aromatic N) is 6. The average Bonchev–Trinajstić information content (AvgIpc) is 3.05. The van der Waals surface area contributed by atoms with Crippen molar-refractivity contribution in [2.75, 3.05) is 25.5 Å². The van der Waals surface area contributed by atoms with E-state index in [9.17, 15) is 5.26 Å². The highest BCUT2D eigenvalue weighted by Crippen LogP contribution is 2.34. The summed E-state index contributed by atoms with van der Waals surface area (Å²) in [6.07, 6.45) is 4.16. The molecule has 7 heteroatoms. The van der Waals surface area contributed by atoms with Gasteiger partial charge < -0.3 is 10.2 Å². The highest BCUT2D eigenvalue weighted by molar-refractivity contribution is 5.98. The minimum absolute atomic E-state index is 0.357. The fourth-order valence-corrected chi connectivity index (χ4v) is 4.25. The Labute approximate surface area is 165 Å². The SMILES string of the molecule is Cc1cc(C#N)cc(C)c1-c1nnc(N[C@@H]2CCCN(C)C2)c2c1cnn2C. The molecule has 3 aromatic rings. The molecular formula is C21H25N7. The summed E-state index contributed by atoms with van der Waals surface area (Å²) < 4.78 is 1.86. The van der Waals surface area contributed by atoms with Crippen LogP contribution in [0.25, 0.3) is 22.2 Å². The Morgan fingerprint density at radius 2 is 1.93 bits per heavy atom. The summed E-state index contributed by atoms with van der Waals surface area (Å²) in [7, 11) is 4.09. The Hall–Kier alpha value is -2.98. The minimum atomic E-state index is 0.357. The molecule has 0 unspecified atom stereocenters. The van der Waals surface area contributed by atoms with E-state index in [1.807, 2.05) is 43.9 Å². The van der Waals surface area contributed by atoms with Crippen LogP contribution in [-0.2, 0) is 7.05 Å². The third-order valence-electron chi connectivity index (χ3n) is 5.53. The van der Waals surface area contributed by atoms with Crippen LogP contribution in [0.5, 0.6) is 0 Å². The third kappa shape index (κ3) is 3.20. The Balaban J connectivity index is 1.80. The number of hydrogen-bond acceptors (Lipinski definition) is 6. The zero-order valence-electron chi connectivity index (χ0n) is 16.8. The van der Waals surface area contributed by atoms with Crippen LogP contribution in [0.2, 0.25) is 0 Å². The maximum Gasteiger partial charge on any atom is 0.175 e. The highest BCUT2D eigenvalue weighted by Gasteiger charge is 2.22. The van der Waals surface area contributed by atoms with Crippen LogP contribution in [0, 0.1) is 25.2 Å². The van der Waals surface area contributed by atoms with E-state index < -0.39 is 0 Å². The standard InChI is InChI=1S/C21H25N7/c1-13-8-15(10-22)9-14(2)18(13)19-17-11-23-28(4)20(17)21(26-25-19)24-16-6-5-7-27(3)12-16/h8-9,11,16H,5-7,12H2,1-4H3,(H,24,26)/t16-/m1/s1. The molecule has 0 spiro atoms. The Kier molecular flexibility index (Phi) is 4.73. The van der Waals surface area contributed by atoms with E-state index in [2.05, 4.69) is 38.6 Å². The fourth-order valence-electron chi connectivity index (χ4n) is 4.25. The molecule has 0 radical (unpaired) electrons. The van der Waals surface area contributed by atoms with E-state index in [4.69, 9.17) is 0 Å². The molecule has 0 amide bonds. The first-order valence-electron chi connectivity index (χ1n) is 9.63. The van der Waals surface area contributed by atoms with Gasteiger partial charge in [-0.05, 0) is 63.5 Å². The highest BCUT2D eigenvalue weighted by atomic mass is 15.3. The molecule has 144 valence electrons. The predicted molar refractivity (Wildman–Crippen MR) is 110 cm³/mol. The number of benzene rings is 1. The number of anilines is 1. The maximum atomic E-state index is 9.23. The molecule has 1 fully saturated rings. The molecule has 3 heterocycles. The molecule has 28 heavy (non-hydrogen) atoms. The lowest BCUT2D eigenvalue weighted by Gasteiger charge is -2.30. The number of aromatic nitrogens is 4. The van der Waals surface area contributed by atoms with Gasteiger partial charge >= 0.3 is 0 Å². The van der Waals surface area contributed by atoms with E-state index in [0.29, 0.717) is 11.6 Å². The van der Waals surface area contributed by atoms with Crippen molar-refractivity contribution in [1.29, 1.82) is 5.26 Å². The second kappa shape index (κ2) is 7.21. The number of fused-ring (bicyclic) bond motifs is 1.